The van der Waals surface area contributed by atoms with Crippen molar-refractivity contribution in [1.29, 1.82) is 0 Å². The summed E-state index contributed by atoms with van der Waals surface area (Å²) in [5.41, 5.74) is -0.384. The smallest absolute Gasteiger partial charge is 0.220 e. The van der Waals surface area contributed by atoms with Crippen molar-refractivity contribution in [3.05, 3.63) is 34.5 Å². The summed E-state index contributed by atoms with van der Waals surface area (Å²) in [6.07, 6.45) is 2.39. The topological polar surface area (TPSA) is 46.5 Å². The zero-order chi connectivity index (χ0) is 9.26. The van der Waals surface area contributed by atoms with Crippen molar-refractivity contribution in [1.82, 2.24) is 0 Å². The Bertz CT molecular complexity index is 369. The molecule has 0 aliphatic heterocycles. The molecule has 1 aromatic carbocycles. The summed E-state index contributed by atoms with van der Waals surface area (Å²) in [5, 5.41) is 9.20. The second-order valence-corrected chi connectivity index (χ2v) is 3.14. The summed E-state index contributed by atoms with van der Waals surface area (Å²) < 4.78 is 5.42. The minimum Gasteiger partial charge on any atom is -0.504 e. The molecular formula is C10H10O3. The van der Waals surface area contributed by atoms with Crippen LogP contribution in [0.1, 0.15) is 12.8 Å². The molecule has 0 unspecified atom stereocenters. The van der Waals surface area contributed by atoms with Crippen LogP contribution in [0.2, 0.25) is 0 Å². The number of aromatic hydroxyl groups is 1. The monoisotopic (exact) mass is 178 g/mol. The van der Waals surface area contributed by atoms with Crippen molar-refractivity contribution in [3.63, 3.8) is 0 Å². The van der Waals surface area contributed by atoms with E-state index in [2.05, 4.69) is 0 Å². The van der Waals surface area contributed by atoms with E-state index in [4.69, 9.17) is 4.74 Å². The highest BCUT2D eigenvalue weighted by atomic mass is 16.5. The molecule has 68 valence electrons. The molecule has 1 N–H and O–H groups in total. The predicted octanol–water partition coefficient (Wildman–Crippen LogP) is 1.29. The Morgan fingerprint density at radius 3 is 2.85 bits per heavy atom. The van der Waals surface area contributed by atoms with Crippen molar-refractivity contribution < 1.29 is 9.84 Å². The van der Waals surface area contributed by atoms with Crippen LogP contribution in [0.5, 0.6) is 11.5 Å². The van der Waals surface area contributed by atoms with E-state index in [0.717, 1.165) is 12.8 Å². The summed E-state index contributed by atoms with van der Waals surface area (Å²) in [7, 11) is 0. The van der Waals surface area contributed by atoms with Gasteiger partial charge >= 0.3 is 0 Å². The Labute approximate surface area is 75.6 Å². The van der Waals surface area contributed by atoms with Crippen LogP contribution in [0, 0.1) is 0 Å². The third-order valence-corrected chi connectivity index (χ3v) is 1.87. The molecule has 0 amide bonds. The van der Waals surface area contributed by atoms with Crippen LogP contribution in [-0.4, -0.2) is 11.2 Å². The third-order valence-electron chi connectivity index (χ3n) is 1.87. The molecule has 3 heteroatoms. The van der Waals surface area contributed by atoms with Gasteiger partial charge in [-0.2, -0.15) is 0 Å². The predicted molar refractivity (Wildman–Crippen MR) is 48.0 cm³/mol. The molecule has 1 saturated carbocycles. The first-order valence-electron chi connectivity index (χ1n) is 4.26. The summed E-state index contributed by atoms with van der Waals surface area (Å²) in [4.78, 5) is 11.0. The first-order chi connectivity index (χ1) is 6.25. The van der Waals surface area contributed by atoms with E-state index in [0.29, 0.717) is 5.75 Å². The van der Waals surface area contributed by atoms with E-state index < -0.39 is 0 Å². The van der Waals surface area contributed by atoms with E-state index in [1.165, 1.54) is 12.1 Å². The van der Waals surface area contributed by atoms with Gasteiger partial charge in [0.2, 0.25) is 5.43 Å². The van der Waals surface area contributed by atoms with Crippen molar-refractivity contribution >= 4 is 0 Å². The lowest BCUT2D eigenvalue weighted by Crippen LogP contribution is -1.95. The average molecular weight is 178 g/mol. The van der Waals surface area contributed by atoms with Crippen molar-refractivity contribution in [2.75, 3.05) is 0 Å². The molecule has 1 aromatic rings. The molecule has 13 heavy (non-hydrogen) atoms. The Morgan fingerprint density at radius 1 is 1.38 bits per heavy atom. The molecule has 3 nitrogen and oxygen atoms in total. The normalized spacial score (nSPS) is 15.4. The summed E-state index contributed by atoms with van der Waals surface area (Å²) in [6, 6.07) is 5.94. The van der Waals surface area contributed by atoms with Crippen LogP contribution in [0.25, 0.3) is 0 Å². The van der Waals surface area contributed by atoms with Crippen LogP contribution < -0.4 is 10.2 Å². The SMILES string of the molecule is O=c1cccc(OC2CC2)cc1O. The minimum absolute atomic E-state index is 0.263. The number of ether oxygens (including phenoxy) is 1. The summed E-state index contributed by atoms with van der Waals surface area (Å²) in [6.45, 7) is 0. The van der Waals surface area contributed by atoms with E-state index in [9.17, 15) is 9.90 Å². The van der Waals surface area contributed by atoms with E-state index in [1.54, 1.807) is 12.1 Å². The fraction of sp³-hybridized carbons (Fsp3) is 0.300. The standard InChI is InChI=1S/C10H10O3/c11-9-3-1-2-8(6-10(9)12)13-7-4-5-7/h1-3,6-7H,4-5H2,(H,11,12). The highest BCUT2D eigenvalue weighted by Gasteiger charge is 2.23. The molecule has 0 aromatic heterocycles. The van der Waals surface area contributed by atoms with Crippen LogP contribution in [0.4, 0.5) is 0 Å². The molecule has 1 aliphatic carbocycles. The van der Waals surface area contributed by atoms with Gasteiger partial charge in [-0.1, -0.05) is 6.07 Å². The lowest BCUT2D eigenvalue weighted by Gasteiger charge is -1.99. The summed E-state index contributed by atoms with van der Waals surface area (Å²) >= 11 is 0. The Morgan fingerprint density at radius 2 is 2.15 bits per heavy atom. The average Bonchev–Trinajstić information content (AvgIpc) is 2.87. The third kappa shape index (κ3) is 1.99. The van der Waals surface area contributed by atoms with Gasteiger partial charge in [-0.05, 0) is 25.0 Å². The molecular weight excluding hydrogens is 168 g/mol. The first-order valence-corrected chi connectivity index (χ1v) is 4.26. The largest absolute Gasteiger partial charge is 0.504 e. The van der Waals surface area contributed by atoms with Crippen LogP contribution >= 0.6 is 0 Å². The number of hydrogen-bond acceptors (Lipinski definition) is 3. The highest BCUT2D eigenvalue weighted by Crippen LogP contribution is 2.26. The van der Waals surface area contributed by atoms with Crippen molar-refractivity contribution in [3.8, 4) is 11.5 Å². The Balaban J connectivity index is 2.31. The van der Waals surface area contributed by atoms with Gasteiger partial charge in [0.25, 0.3) is 0 Å². The number of hydrogen-bond donors (Lipinski definition) is 1. The fourth-order valence-electron chi connectivity index (χ4n) is 1.02. The van der Waals surface area contributed by atoms with Gasteiger partial charge < -0.3 is 9.84 Å². The Kier molecular flexibility index (Phi) is 1.93. The summed E-state index contributed by atoms with van der Waals surface area (Å²) in [5.74, 6) is 0.294. The minimum atomic E-state index is -0.384. The highest BCUT2D eigenvalue weighted by molar-refractivity contribution is 5.30. The van der Waals surface area contributed by atoms with Crippen LogP contribution in [0.3, 0.4) is 0 Å². The number of rotatable bonds is 2. The molecule has 1 fully saturated rings. The van der Waals surface area contributed by atoms with Gasteiger partial charge in [-0.15, -0.1) is 0 Å². The van der Waals surface area contributed by atoms with Gasteiger partial charge in [0.1, 0.15) is 5.75 Å². The van der Waals surface area contributed by atoms with Gasteiger partial charge in [-0.25, -0.2) is 0 Å². The zero-order valence-electron chi connectivity index (χ0n) is 7.06. The molecule has 0 atom stereocenters. The van der Waals surface area contributed by atoms with Gasteiger partial charge in [-0.3, -0.25) is 4.79 Å². The lowest BCUT2D eigenvalue weighted by molar-refractivity contribution is 0.302. The maximum Gasteiger partial charge on any atom is 0.220 e. The molecule has 0 spiro atoms. The lowest BCUT2D eigenvalue weighted by atomic mass is 10.4. The first kappa shape index (κ1) is 8.10. The molecule has 2 rings (SSSR count). The quantitative estimate of drug-likeness (QED) is 0.742. The van der Waals surface area contributed by atoms with Crippen molar-refractivity contribution in [2.24, 2.45) is 0 Å². The molecule has 0 heterocycles. The molecule has 0 saturated heterocycles. The van der Waals surface area contributed by atoms with Crippen LogP contribution in [-0.2, 0) is 0 Å². The second-order valence-electron chi connectivity index (χ2n) is 3.14. The van der Waals surface area contributed by atoms with Gasteiger partial charge in [0, 0.05) is 6.07 Å². The van der Waals surface area contributed by atoms with E-state index in [1.807, 2.05) is 0 Å². The van der Waals surface area contributed by atoms with Gasteiger partial charge in [0.05, 0.1) is 6.10 Å². The Hall–Kier alpha value is -1.51. The van der Waals surface area contributed by atoms with Crippen LogP contribution in [0.15, 0.2) is 29.1 Å². The maximum absolute atomic E-state index is 11.0. The molecule has 0 bridgehead atoms. The maximum atomic E-state index is 11.0. The van der Waals surface area contributed by atoms with E-state index in [-0.39, 0.29) is 17.3 Å². The second kappa shape index (κ2) is 3.09. The fourth-order valence-corrected chi connectivity index (χ4v) is 1.02. The molecule has 0 radical (unpaired) electrons. The molecule has 1 aliphatic rings. The van der Waals surface area contributed by atoms with Gasteiger partial charge in [0.15, 0.2) is 5.75 Å². The van der Waals surface area contributed by atoms with Crippen molar-refractivity contribution in [2.45, 2.75) is 18.9 Å². The zero-order valence-corrected chi connectivity index (χ0v) is 7.06. The van der Waals surface area contributed by atoms with E-state index >= 15 is 0 Å².